The van der Waals surface area contributed by atoms with Crippen molar-refractivity contribution in [2.75, 3.05) is 46.4 Å². The van der Waals surface area contributed by atoms with Crippen LogP contribution < -0.4 is 5.73 Å². The van der Waals surface area contributed by atoms with Crippen molar-refractivity contribution in [2.24, 2.45) is 5.73 Å². The van der Waals surface area contributed by atoms with Gasteiger partial charge >= 0.3 is 0 Å². The van der Waals surface area contributed by atoms with Crippen LogP contribution in [-0.4, -0.2) is 68.1 Å². The maximum atomic E-state index is 12.0. The zero-order chi connectivity index (χ0) is 13.4. The number of hydrogen-bond acceptors (Lipinski definition) is 4. The van der Waals surface area contributed by atoms with E-state index in [0.29, 0.717) is 13.2 Å². The minimum Gasteiger partial charge on any atom is -0.383 e. The first-order valence-corrected chi connectivity index (χ1v) is 6.41. The lowest BCUT2D eigenvalue weighted by Crippen LogP contribution is -2.45. The number of carbonyl (C=O) groups is 2. The van der Waals surface area contributed by atoms with Gasteiger partial charge in [-0.15, -0.1) is 0 Å². The lowest BCUT2D eigenvalue weighted by molar-refractivity contribution is -0.133. The monoisotopic (exact) mass is 257 g/mol. The van der Waals surface area contributed by atoms with Gasteiger partial charge in [0.1, 0.15) is 0 Å². The molecular weight excluding hydrogens is 234 g/mol. The molecule has 0 atom stereocenters. The summed E-state index contributed by atoms with van der Waals surface area (Å²) in [5.41, 5.74) is 5.17. The highest BCUT2D eigenvalue weighted by atomic mass is 16.5. The van der Waals surface area contributed by atoms with Crippen LogP contribution in [0.5, 0.6) is 0 Å². The molecule has 0 aliphatic carbocycles. The van der Waals surface area contributed by atoms with Crippen LogP contribution in [0.25, 0.3) is 0 Å². The summed E-state index contributed by atoms with van der Waals surface area (Å²) in [6.07, 6.45) is 3.33. The fourth-order valence-corrected chi connectivity index (χ4v) is 2.09. The molecule has 1 aliphatic heterocycles. The summed E-state index contributed by atoms with van der Waals surface area (Å²) in [5.74, 6) is -0.343. The van der Waals surface area contributed by atoms with E-state index in [1.165, 1.54) is 6.42 Å². The van der Waals surface area contributed by atoms with Gasteiger partial charge in [-0.2, -0.15) is 0 Å². The predicted molar refractivity (Wildman–Crippen MR) is 67.9 cm³/mol. The molecular formula is C12H23N3O3. The van der Waals surface area contributed by atoms with Crippen molar-refractivity contribution in [3.63, 3.8) is 0 Å². The van der Waals surface area contributed by atoms with Crippen LogP contribution in [0, 0.1) is 0 Å². The van der Waals surface area contributed by atoms with Gasteiger partial charge in [0, 0.05) is 26.7 Å². The average Bonchev–Trinajstić information content (AvgIpc) is 2.36. The SMILES string of the molecule is COCCN(CC(N)=O)CC(=O)N1CCCCC1. The van der Waals surface area contributed by atoms with E-state index >= 15 is 0 Å². The van der Waals surface area contributed by atoms with Gasteiger partial charge < -0.3 is 15.4 Å². The van der Waals surface area contributed by atoms with E-state index in [-0.39, 0.29) is 19.0 Å². The minimum atomic E-state index is -0.419. The van der Waals surface area contributed by atoms with E-state index in [2.05, 4.69) is 0 Å². The van der Waals surface area contributed by atoms with E-state index in [1.807, 2.05) is 4.90 Å². The summed E-state index contributed by atoms with van der Waals surface area (Å²) in [5, 5.41) is 0. The molecule has 0 bridgehead atoms. The molecule has 6 heteroatoms. The predicted octanol–water partition coefficient (Wildman–Crippen LogP) is -0.567. The van der Waals surface area contributed by atoms with Gasteiger partial charge in [0.15, 0.2) is 0 Å². The highest BCUT2D eigenvalue weighted by molar-refractivity contribution is 5.80. The van der Waals surface area contributed by atoms with Gasteiger partial charge in [0.05, 0.1) is 19.7 Å². The molecule has 0 spiro atoms. The summed E-state index contributed by atoms with van der Waals surface area (Å²) < 4.78 is 4.96. The Balaban J connectivity index is 2.41. The fraction of sp³-hybridized carbons (Fsp3) is 0.833. The van der Waals surface area contributed by atoms with E-state index in [9.17, 15) is 9.59 Å². The molecule has 1 heterocycles. The Morgan fingerprint density at radius 3 is 2.44 bits per heavy atom. The van der Waals surface area contributed by atoms with Crippen LogP contribution in [0.1, 0.15) is 19.3 Å². The Kier molecular flexibility index (Phi) is 6.67. The molecule has 18 heavy (non-hydrogen) atoms. The number of rotatable bonds is 7. The van der Waals surface area contributed by atoms with Crippen molar-refractivity contribution in [3.8, 4) is 0 Å². The van der Waals surface area contributed by atoms with Crippen LogP contribution >= 0.6 is 0 Å². The maximum absolute atomic E-state index is 12.0. The molecule has 0 aromatic carbocycles. The summed E-state index contributed by atoms with van der Waals surface area (Å²) in [6.45, 7) is 3.02. The van der Waals surface area contributed by atoms with Gasteiger partial charge in [-0.1, -0.05) is 0 Å². The fourth-order valence-electron chi connectivity index (χ4n) is 2.09. The number of carbonyl (C=O) groups excluding carboxylic acids is 2. The molecule has 0 aromatic heterocycles. The third-order valence-electron chi connectivity index (χ3n) is 3.06. The third-order valence-corrected chi connectivity index (χ3v) is 3.06. The second-order valence-electron chi connectivity index (χ2n) is 4.61. The number of nitrogens with two attached hydrogens (primary N) is 1. The van der Waals surface area contributed by atoms with Crippen molar-refractivity contribution in [2.45, 2.75) is 19.3 Å². The van der Waals surface area contributed by atoms with Crippen molar-refractivity contribution in [3.05, 3.63) is 0 Å². The second kappa shape index (κ2) is 8.05. The van der Waals surface area contributed by atoms with Crippen molar-refractivity contribution in [1.82, 2.24) is 9.80 Å². The van der Waals surface area contributed by atoms with E-state index in [0.717, 1.165) is 25.9 Å². The number of likely N-dealkylation sites (tertiary alicyclic amines) is 1. The Morgan fingerprint density at radius 1 is 1.22 bits per heavy atom. The summed E-state index contributed by atoms with van der Waals surface area (Å²) in [6, 6.07) is 0. The van der Waals surface area contributed by atoms with Crippen LogP contribution in [0.2, 0.25) is 0 Å². The van der Waals surface area contributed by atoms with Crippen molar-refractivity contribution < 1.29 is 14.3 Å². The highest BCUT2D eigenvalue weighted by Crippen LogP contribution is 2.09. The topological polar surface area (TPSA) is 75.9 Å². The van der Waals surface area contributed by atoms with Crippen LogP contribution in [0.4, 0.5) is 0 Å². The Bertz CT molecular complexity index is 278. The van der Waals surface area contributed by atoms with Gasteiger partial charge in [0.25, 0.3) is 0 Å². The smallest absolute Gasteiger partial charge is 0.236 e. The molecule has 0 saturated carbocycles. The average molecular weight is 257 g/mol. The second-order valence-corrected chi connectivity index (χ2v) is 4.61. The lowest BCUT2D eigenvalue weighted by atomic mass is 10.1. The zero-order valence-electron chi connectivity index (χ0n) is 11.1. The molecule has 2 amide bonds. The van der Waals surface area contributed by atoms with Crippen LogP contribution in [-0.2, 0) is 14.3 Å². The first-order chi connectivity index (χ1) is 8.63. The van der Waals surface area contributed by atoms with E-state index in [4.69, 9.17) is 10.5 Å². The normalized spacial score (nSPS) is 16.0. The minimum absolute atomic E-state index is 0.0760. The van der Waals surface area contributed by atoms with Gasteiger partial charge in [-0.25, -0.2) is 0 Å². The quantitative estimate of drug-likeness (QED) is 0.663. The molecule has 6 nitrogen and oxygen atoms in total. The molecule has 1 saturated heterocycles. The largest absolute Gasteiger partial charge is 0.383 e. The number of ether oxygens (including phenoxy) is 1. The van der Waals surface area contributed by atoms with E-state index in [1.54, 1.807) is 12.0 Å². The molecule has 0 unspecified atom stereocenters. The standard InChI is InChI=1S/C12H23N3O3/c1-18-8-7-14(9-11(13)16)10-12(17)15-5-3-2-4-6-15/h2-10H2,1H3,(H2,13,16). The third kappa shape index (κ3) is 5.46. The summed E-state index contributed by atoms with van der Waals surface area (Å²) >= 11 is 0. The molecule has 1 rings (SSSR count). The van der Waals surface area contributed by atoms with Gasteiger partial charge in [-0.05, 0) is 19.3 Å². The van der Waals surface area contributed by atoms with E-state index < -0.39 is 5.91 Å². The summed E-state index contributed by atoms with van der Waals surface area (Å²) in [4.78, 5) is 26.6. The van der Waals surface area contributed by atoms with Crippen molar-refractivity contribution in [1.29, 1.82) is 0 Å². The molecule has 104 valence electrons. The first kappa shape index (κ1) is 14.9. The summed E-state index contributed by atoms with van der Waals surface area (Å²) in [7, 11) is 1.59. The maximum Gasteiger partial charge on any atom is 0.236 e. The zero-order valence-corrected chi connectivity index (χ0v) is 11.1. The van der Waals surface area contributed by atoms with Gasteiger partial charge in [0.2, 0.25) is 11.8 Å². The van der Waals surface area contributed by atoms with Crippen molar-refractivity contribution >= 4 is 11.8 Å². The molecule has 1 fully saturated rings. The Morgan fingerprint density at radius 2 is 1.89 bits per heavy atom. The molecule has 1 aliphatic rings. The number of primary amides is 1. The first-order valence-electron chi connectivity index (χ1n) is 6.41. The number of amides is 2. The highest BCUT2D eigenvalue weighted by Gasteiger charge is 2.19. The van der Waals surface area contributed by atoms with Crippen LogP contribution in [0.3, 0.4) is 0 Å². The molecule has 0 aromatic rings. The number of hydrogen-bond donors (Lipinski definition) is 1. The Hall–Kier alpha value is -1.14. The molecule has 2 N–H and O–H groups in total. The Labute approximate surface area is 108 Å². The number of piperidine rings is 1. The molecule has 0 radical (unpaired) electrons. The number of nitrogens with zero attached hydrogens (tertiary/aromatic N) is 2. The number of methoxy groups -OCH3 is 1. The lowest BCUT2D eigenvalue weighted by Gasteiger charge is -2.29. The van der Waals surface area contributed by atoms with Crippen LogP contribution in [0.15, 0.2) is 0 Å². The van der Waals surface area contributed by atoms with Gasteiger partial charge in [-0.3, -0.25) is 14.5 Å².